The summed E-state index contributed by atoms with van der Waals surface area (Å²) in [5, 5.41) is 11.7. The third-order valence-corrected chi connectivity index (χ3v) is 11.0. The predicted octanol–water partition coefficient (Wildman–Crippen LogP) is 3.94. The van der Waals surface area contributed by atoms with E-state index >= 15 is 0 Å². The van der Waals surface area contributed by atoms with Crippen LogP contribution in [-0.4, -0.2) is 58.7 Å². The number of hydrogen-bond acceptors (Lipinski definition) is 8. The molecule has 0 saturated heterocycles. The highest BCUT2D eigenvalue weighted by Crippen LogP contribution is 2.68. The maximum Gasteiger partial charge on any atom is 0.326 e. The van der Waals surface area contributed by atoms with Crippen molar-refractivity contribution in [2.45, 2.75) is 110 Å². The van der Waals surface area contributed by atoms with Crippen LogP contribution in [0, 0.1) is 34.5 Å². The average Bonchev–Trinajstić information content (AvgIpc) is 3.21. The largest absolute Gasteiger partial charge is 0.480 e. The Morgan fingerprint density at radius 1 is 1.00 bits per heavy atom. The Morgan fingerprint density at radius 3 is 2.33 bits per heavy atom. The van der Waals surface area contributed by atoms with E-state index in [0.29, 0.717) is 31.1 Å². The molecule has 0 aromatic heterocycles. The number of esters is 2. The summed E-state index contributed by atoms with van der Waals surface area (Å²) in [7, 11) is 0. The number of carboxylic acids is 1. The third-order valence-electron chi connectivity index (χ3n) is 11.0. The monoisotopic (exact) mass is 587 g/mol. The lowest BCUT2D eigenvalue weighted by Gasteiger charge is -2.59. The minimum absolute atomic E-state index is 0.0314. The van der Waals surface area contributed by atoms with Gasteiger partial charge < -0.3 is 19.9 Å². The molecule has 0 aromatic carbocycles. The molecular formula is C32H45NO9. The van der Waals surface area contributed by atoms with Crippen LogP contribution in [0.1, 0.15) is 98.8 Å². The average molecular weight is 588 g/mol. The zero-order valence-corrected chi connectivity index (χ0v) is 25.5. The first kappa shape index (κ1) is 31.9. The number of carbonyl (C=O) groups is 6. The van der Waals surface area contributed by atoms with Crippen molar-refractivity contribution in [2.24, 2.45) is 34.5 Å². The van der Waals surface area contributed by atoms with Gasteiger partial charge in [-0.05, 0) is 80.1 Å². The molecule has 0 heterocycles. The van der Waals surface area contributed by atoms with Crippen LogP contribution in [0.5, 0.6) is 0 Å². The summed E-state index contributed by atoms with van der Waals surface area (Å²) < 4.78 is 11.2. The normalized spacial score (nSPS) is 34.3. The molecule has 0 aromatic rings. The summed E-state index contributed by atoms with van der Waals surface area (Å²) in [4.78, 5) is 74.4. The lowest BCUT2D eigenvalue weighted by molar-refractivity contribution is -0.191. The van der Waals surface area contributed by atoms with Gasteiger partial charge in [0.15, 0.2) is 18.0 Å². The van der Waals surface area contributed by atoms with Crippen molar-refractivity contribution in [3.63, 3.8) is 0 Å². The van der Waals surface area contributed by atoms with Crippen LogP contribution >= 0.6 is 0 Å². The van der Waals surface area contributed by atoms with Crippen LogP contribution < -0.4 is 5.32 Å². The van der Waals surface area contributed by atoms with Gasteiger partial charge in [-0.1, -0.05) is 33.3 Å². The Balaban J connectivity index is 1.43. The number of carbonyl (C=O) groups excluding carboxylic acids is 5. The number of amides is 1. The standard InChI is InChI=1S/C32H45NO9/c1-18(2)28(29(39)40)33-26(37)8-9-27(38)41-17-25(36)32(42-19(3)34)15-12-24-22-7-6-20-16-21(35)10-13-30(20,4)23(22)11-14-31(24,32)5/h16,18,22-24,28H,6-15,17H2,1-5H3,(H,33,37)(H,39,40)/t22-,23+,24+,28-,30-,31-,32-/m0/s1. The molecule has 10 heteroatoms. The van der Waals surface area contributed by atoms with E-state index in [1.54, 1.807) is 13.8 Å². The number of allylic oxidation sites excluding steroid dienone is 1. The highest BCUT2D eigenvalue weighted by molar-refractivity contribution is 5.94. The number of hydrogen-bond donors (Lipinski definition) is 2. The second-order valence-corrected chi connectivity index (χ2v) is 13.6. The first-order valence-electron chi connectivity index (χ1n) is 15.3. The highest BCUT2D eigenvalue weighted by Gasteiger charge is 2.68. The van der Waals surface area contributed by atoms with Gasteiger partial charge >= 0.3 is 17.9 Å². The van der Waals surface area contributed by atoms with E-state index in [9.17, 15) is 33.9 Å². The molecule has 0 aliphatic heterocycles. The molecule has 7 atom stereocenters. The molecule has 0 bridgehead atoms. The number of rotatable bonds is 10. The number of fused-ring (bicyclic) bond motifs is 5. The molecule has 3 saturated carbocycles. The fourth-order valence-corrected chi connectivity index (χ4v) is 8.80. The lowest BCUT2D eigenvalue weighted by atomic mass is 9.46. The number of ether oxygens (including phenoxy) is 2. The molecule has 232 valence electrons. The van der Waals surface area contributed by atoms with Crippen molar-refractivity contribution in [3.05, 3.63) is 11.6 Å². The van der Waals surface area contributed by atoms with Crippen LogP contribution in [0.4, 0.5) is 0 Å². The van der Waals surface area contributed by atoms with Gasteiger partial charge in [0.05, 0.1) is 6.42 Å². The van der Waals surface area contributed by atoms with Crippen LogP contribution in [0.2, 0.25) is 0 Å². The lowest BCUT2D eigenvalue weighted by Crippen LogP contribution is -2.59. The van der Waals surface area contributed by atoms with E-state index in [4.69, 9.17) is 9.47 Å². The molecule has 0 radical (unpaired) electrons. The van der Waals surface area contributed by atoms with E-state index < -0.39 is 53.3 Å². The minimum Gasteiger partial charge on any atom is -0.480 e. The first-order chi connectivity index (χ1) is 19.6. The van der Waals surface area contributed by atoms with Crippen LogP contribution in [0.15, 0.2) is 11.6 Å². The smallest absolute Gasteiger partial charge is 0.326 e. The summed E-state index contributed by atoms with van der Waals surface area (Å²) >= 11 is 0. The minimum atomic E-state index is -1.41. The molecule has 4 rings (SSSR count). The Kier molecular flexibility index (Phi) is 9.05. The summed E-state index contributed by atoms with van der Waals surface area (Å²) in [6, 6.07) is -1.07. The van der Waals surface area contributed by atoms with Crippen molar-refractivity contribution in [1.29, 1.82) is 0 Å². The molecule has 1 amide bonds. The molecule has 0 spiro atoms. The summed E-state index contributed by atoms with van der Waals surface area (Å²) in [5.41, 5.74) is -0.797. The fraction of sp³-hybridized carbons (Fsp3) is 0.750. The van der Waals surface area contributed by atoms with Gasteiger partial charge in [0.1, 0.15) is 6.04 Å². The van der Waals surface area contributed by atoms with Gasteiger partial charge in [0, 0.05) is 25.2 Å². The molecule has 42 heavy (non-hydrogen) atoms. The molecule has 3 fully saturated rings. The van der Waals surface area contributed by atoms with Crippen molar-refractivity contribution >= 4 is 35.4 Å². The summed E-state index contributed by atoms with van der Waals surface area (Å²) in [6.45, 7) is 8.38. The van der Waals surface area contributed by atoms with Crippen molar-refractivity contribution in [3.8, 4) is 0 Å². The van der Waals surface area contributed by atoms with Crippen molar-refractivity contribution in [1.82, 2.24) is 5.32 Å². The molecule has 4 aliphatic rings. The van der Waals surface area contributed by atoms with Gasteiger partial charge in [-0.15, -0.1) is 0 Å². The topological polar surface area (TPSA) is 153 Å². The number of aliphatic carboxylic acids is 1. The quantitative estimate of drug-likeness (QED) is 0.362. The van der Waals surface area contributed by atoms with Gasteiger partial charge in [-0.25, -0.2) is 4.79 Å². The number of nitrogens with one attached hydrogen (secondary N) is 1. The van der Waals surface area contributed by atoms with Gasteiger partial charge in [0.2, 0.25) is 11.7 Å². The van der Waals surface area contributed by atoms with Gasteiger partial charge in [0.25, 0.3) is 0 Å². The van der Waals surface area contributed by atoms with Crippen LogP contribution in [0.3, 0.4) is 0 Å². The van der Waals surface area contributed by atoms with E-state index in [1.165, 1.54) is 12.5 Å². The van der Waals surface area contributed by atoms with Crippen LogP contribution in [0.25, 0.3) is 0 Å². The zero-order valence-electron chi connectivity index (χ0n) is 25.5. The Labute approximate surface area is 247 Å². The molecular weight excluding hydrogens is 542 g/mol. The Morgan fingerprint density at radius 2 is 1.69 bits per heavy atom. The SMILES string of the molecule is CC(=O)O[C@]1(C(=O)COC(=O)CCC(=O)N[C@H](C(=O)O)C(C)C)CC[C@@H]2[C@H]3CCC4=CC(=O)CC[C@]4(C)[C@@H]3CC[C@@]21C. The van der Waals surface area contributed by atoms with Crippen molar-refractivity contribution in [2.75, 3.05) is 6.61 Å². The summed E-state index contributed by atoms with van der Waals surface area (Å²) in [5.74, 6) is -2.76. The molecule has 0 unspecified atom stereocenters. The van der Waals surface area contributed by atoms with Crippen LogP contribution in [-0.2, 0) is 38.2 Å². The predicted molar refractivity (Wildman–Crippen MR) is 151 cm³/mol. The zero-order chi connectivity index (χ0) is 31.0. The first-order valence-corrected chi connectivity index (χ1v) is 15.3. The van der Waals surface area contributed by atoms with E-state index in [0.717, 1.165) is 32.1 Å². The number of Topliss-reactive ketones (excluding diaryl/α,β-unsaturated/α-hetero) is 1. The summed E-state index contributed by atoms with van der Waals surface area (Å²) in [6.07, 6.45) is 7.10. The van der Waals surface area contributed by atoms with Gasteiger partial charge in [-0.2, -0.15) is 0 Å². The van der Waals surface area contributed by atoms with Crippen molar-refractivity contribution < 1.29 is 43.3 Å². The maximum atomic E-state index is 13.8. The highest BCUT2D eigenvalue weighted by atomic mass is 16.6. The van der Waals surface area contributed by atoms with E-state index in [2.05, 4.69) is 12.2 Å². The Hall–Kier alpha value is -3.04. The molecule has 4 aliphatic carbocycles. The second-order valence-electron chi connectivity index (χ2n) is 13.6. The maximum absolute atomic E-state index is 13.8. The third kappa shape index (κ3) is 5.65. The second kappa shape index (κ2) is 11.9. The number of ketones is 2. The molecule has 2 N–H and O–H groups in total. The van der Waals surface area contributed by atoms with E-state index in [-0.39, 0.29) is 35.9 Å². The van der Waals surface area contributed by atoms with Gasteiger partial charge in [-0.3, -0.25) is 24.0 Å². The molecule has 10 nitrogen and oxygen atoms in total. The fourth-order valence-electron chi connectivity index (χ4n) is 8.80. The Bertz CT molecular complexity index is 1190. The number of carboxylic acid groups (broad SMARTS) is 1. The van der Waals surface area contributed by atoms with E-state index in [1.807, 2.05) is 13.0 Å².